The number of carbonyl (C=O) groups is 1. The zero-order valence-electron chi connectivity index (χ0n) is 12.5. The lowest BCUT2D eigenvalue weighted by Gasteiger charge is -2.35. The Labute approximate surface area is 120 Å². The fourth-order valence-corrected chi connectivity index (χ4v) is 2.64. The van der Waals surface area contributed by atoms with Crippen LogP contribution in [-0.4, -0.2) is 50.6 Å². The van der Waals surface area contributed by atoms with Crippen LogP contribution in [0.5, 0.6) is 5.75 Å². The van der Waals surface area contributed by atoms with Gasteiger partial charge in [-0.25, -0.2) is 0 Å². The number of hydrogen-bond donors (Lipinski definition) is 0. The first kappa shape index (κ1) is 15.0. The summed E-state index contributed by atoms with van der Waals surface area (Å²) in [5.74, 6) is 1.41. The maximum atomic E-state index is 12.3. The Morgan fingerprint density at radius 3 is 2.90 bits per heavy atom. The Hall–Kier alpha value is -1.39. The number of methoxy groups -OCH3 is 2. The molecule has 1 aliphatic rings. The van der Waals surface area contributed by atoms with E-state index >= 15 is 0 Å². The Bertz CT molecular complexity index is 461. The van der Waals surface area contributed by atoms with Crippen molar-refractivity contribution in [2.75, 3.05) is 33.9 Å². The van der Waals surface area contributed by atoms with Crippen molar-refractivity contribution in [2.45, 2.75) is 19.4 Å². The number of nitrogens with zero attached hydrogens (tertiary/aromatic N) is 1. The Balaban J connectivity index is 1.97. The molecule has 0 bridgehead atoms. The lowest BCUT2D eigenvalue weighted by Crippen LogP contribution is -2.45. The highest BCUT2D eigenvalue weighted by molar-refractivity contribution is 5.97. The van der Waals surface area contributed by atoms with Crippen molar-refractivity contribution >= 4 is 5.78 Å². The topological polar surface area (TPSA) is 38.8 Å². The van der Waals surface area contributed by atoms with Crippen molar-refractivity contribution < 1.29 is 14.3 Å². The van der Waals surface area contributed by atoms with Crippen molar-refractivity contribution in [2.24, 2.45) is 5.92 Å². The van der Waals surface area contributed by atoms with E-state index in [1.807, 2.05) is 18.2 Å². The number of ether oxygens (including phenoxy) is 2. The highest BCUT2D eigenvalue weighted by atomic mass is 16.5. The van der Waals surface area contributed by atoms with Crippen molar-refractivity contribution in [3.63, 3.8) is 0 Å². The molecule has 0 amide bonds. The summed E-state index contributed by atoms with van der Waals surface area (Å²) in [6, 6.07) is 7.33. The van der Waals surface area contributed by atoms with E-state index in [1.54, 1.807) is 20.3 Å². The molecule has 2 atom stereocenters. The summed E-state index contributed by atoms with van der Waals surface area (Å²) in [6.45, 7) is 4.43. The predicted molar refractivity (Wildman–Crippen MR) is 78.3 cm³/mol. The molecule has 0 saturated carbocycles. The van der Waals surface area contributed by atoms with E-state index in [-0.39, 0.29) is 11.9 Å². The molecular formula is C16H23NO3. The molecule has 0 spiro atoms. The maximum Gasteiger partial charge on any atom is 0.176 e. The number of Topliss-reactive ketones (excluding diaryl/α,β-unsaturated/α-hetero) is 1. The van der Waals surface area contributed by atoms with E-state index < -0.39 is 0 Å². The molecule has 4 heteroatoms. The van der Waals surface area contributed by atoms with Crippen LogP contribution in [0.15, 0.2) is 24.3 Å². The van der Waals surface area contributed by atoms with E-state index in [0.717, 1.165) is 25.3 Å². The monoisotopic (exact) mass is 277 g/mol. The highest BCUT2D eigenvalue weighted by Gasteiger charge is 2.27. The molecule has 1 fully saturated rings. The zero-order valence-corrected chi connectivity index (χ0v) is 12.5. The van der Waals surface area contributed by atoms with Gasteiger partial charge in [0.05, 0.1) is 19.8 Å². The molecule has 1 saturated heterocycles. The van der Waals surface area contributed by atoms with Crippen molar-refractivity contribution in [3.05, 3.63) is 29.8 Å². The smallest absolute Gasteiger partial charge is 0.176 e. The second-order valence-electron chi connectivity index (χ2n) is 5.43. The van der Waals surface area contributed by atoms with E-state index in [1.165, 1.54) is 0 Å². The number of rotatable bonds is 5. The van der Waals surface area contributed by atoms with Crippen LogP contribution in [0.3, 0.4) is 0 Å². The van der Waals surface area contributed by atoms with Gasteiger partial charge in [-0.15, -0.1) is 0 Å². The number of carbonyl (C=O) groups excluding carboxylic acids is 1. The molecule has 1 aromatic carbocycles. The van der Waals surface area contributed by atoms with Gasteiger partial charge in [-0.2, -0.15) is 0 Å². The second kappa shape index (κ2) is 6.86. The summed E-state index contributed by atoms with van der Waals surface area (Å²) in [7, 11) is 3.35. The largest absolute Gasteiger partial charge is 0.497 e. The number of benzene rings is 1. The number of hydrogen-bond acceptors (Lipinski definition) is 4. The van der Waals surface area contributed by atoms with Gasteiger partial charge >= 0.3 is 0 Å². The summed E-state index contributed by atoms with van der Waals surface area (Å²) in [4.78, 5) is 14.5. The van der Waals surface area contributed by atoms with E-state index in [4.69, 9.17) is 9.47 Å². The highest BCUT2D eigenvalue weighted by Crippen LogP contribution is 2.20. The minimum atomic E-state index is 0.133. The maximum absolute atomic E-state index is 12.3. The van der Waals surface area contributed by atoms with Crippen molar-refractivity contribution in [3.8, 4) is 5.75 Å². The van der Waals surface area contributed by atoms with Gasteiger partial charge in [-0.3, -0.25) is 9.69 Å². The average Bonchev–Trinajstić information content (AvgIpc) is 2.49. The zero-order chi connectivity index (χ0) is 14.5. The molecule has 1 aliphatic heterocycles. The van der Waals surface area contributed by atoms with Crippen LogP contribution in [-0.2, 0) is 4.74 Å². The van der Waals surface area contributed by atoms with Crippen LogP contribution < -0.4 is 4.74 Å². The van der Waals surface area contributed by atoms with Crippen LogP contribution in [0.2, 0.25) is 0 Å². The molecule has 20 heavy (non-hydrogen) atoms. The van der Waals surface area contributed by atoms with Crippen LogP contribution >= 0.6 is 0 Å². The average molecular weight is 277 g/mol. The molecule has 1 aromatic rings. The van der Waals surface area contributed by atoms with E-state index in [2.05, 4.69) is 11.8 Å². The molecule has 2 rings (SSSR count). The SMILES string of the molecule is COc1cccc(C(=O)CN2CCC(C)C(OC)C2)c1. The minimum absolute atomic E-state index is 0.133. The van der Waals surface area contributed by atoms with E-state index in [0.29, 0.717) is 18.0 Å². The first-order valence-corrected chi connectivity index (χ1v) is 7.06. The summed E-state index contributed by atoms with van der Waals surface area (Å²) in [5, 5.41) is 0. The molecule has 2 unspecified atom stereocenters. The molecular weight excluding hydrogens is 254 g/mol. The summed E-state index contributed by atoms with van der Waals surface area (Å²) in [6.07, 6.45) is 1.30. The third-order valence-corrected chi connectivity index (χ3v) is 4.04. The molecule has 1 heterocycles. The standard InChI is InChI=1S/C16H23NO3/c1-12-7-8-17(11-16(12)20-3)10-15(18)13-5-4-6-14(9-13)19-2/h4-6,9,12,16H,7-8,10-11H2,1-3H3. The van der Waals surface area contributed by atoms with Crippen molar-refractivity contribution in [1.29, 1.82) is 0 Å². The van der Waals surface area contributed by atoms with Crippen molar-refractivity contribution in [1.82, 2.24) is 4.90 Å². The second-order valence-corrected chi connectivity index (χ2v) is 5.43. The first-order chi connectivity index (χ1) is 9.63. The van der Waals surface area contributed by atoms with Gasteiger partial charge in [0.25, 0.3) is 0 Å². The van der Waals surface area contributed by atoms with Gasteiger partial charge in [-0.05, 0) is 31.0 Å². The molecule has 0 aromatic heterocycles. The number of ketones is 1. The third kappa shape index (κ3) is 3.58. The summed E-state index contributed by atoms with van der Waals surface area (Å²) >= 11 is 0. The lowest BCUT2D eigenvalue weighted by atomic mass is 9.95. The van der Waals surface area contributed by atoms with Gasteiger partial charge in [0.15, 0.2) is 5.78 Å². The van der Waals surface area contributed by atoms with Gasteiger partial charge in [0.2, 0.25) is 0 Å². The normalized spacial score (nSPS) is 23.6. The number of likely N-dealkylation sites (tertiary alicyclic amines) is 1. The lowest BCUT2D eigenvalue weighted by molar-refractivity contribution is -0.00324. The van der Waals surface area contributed by atoms with E-state index in [9.17, 15) is 4.79 Å². The predicted octanol–water partition coefficient (Wildman–Crippen LogP) is 2.23. The molecule has 110 valence electrons. The summed E-state index contributed by atoms with van der Waals surface area (Å²) in [5.41, 5.74) is 0.705. The van der Waals surface area contributed by atoms with Crippen LogP contribution in [0.25, 0.3) is 0 Å². The van der Waals surface area contributed by atoms with Crippen LogP contribution in [0, 0.1) is 5.92 Å². The molecule has 4 nitrogen and oxygen atoms in total. The van der Waals surface area contributed by atoms with Gasteiger partial charge in [0.1, 0.15) is 5.75 Å². The molecule has 0 N–H and O–H groups in total. The van der Waals surface area contributed by atoms with Gasteiger partial charge < -0.3 is 9.47 Å². The first-order valence-electron chi connectivity index (χ1n) is 7.06. The molecule has 0 radical (unpaired) electrons. The Morgan fingerprint density at radius 2 is 2.20 bits per heavy atom. The minimum Gasteiger partial charge on any atom is -0.497 e. The summed E-state index contributed by atoms with van der Waals surface area (Å²) < 4.78 is 10.6. The fraction of sp³-hybridized carbons (Fsp3) is 0.562. The Kier molecular flexibility index (Phi) is 5.15. The van der Waals surface area contributed by atoms with Crippen LogP contribution in [0.4, 0.5) is 0 Å². The quantitative estimate of drug-likeness (QED) is 0.774. The molecule has 0 aliphatic carbocycles. The number of piperidine rings is 1. The third-order valence-electron chi connectivity index (χ3n) is 4.04. The Morgan fingerprint density at radius 1 is 1.40 bits per heavy atom. The fourth-order valence-electron chi connectivity index (χ4n) is 2.64. The van der Waals surface area contributed by atoms with Crippen LogP contribution in [0.1, 0.15) is 23.7 Å². The van der Waals surface area contributed by atoms with Gasteiger partial charge in [-0.1, -0.05) is 19.1 Å². The van der Waals surface area contributed by atoms with Gasteiger partial charge in [0, 0.05) is 19.2 Å².